The summed E-state index contributed by atoms with van der Waals surface area (Å²) < 4.78 is 27.4. The number of fused-ring (bicyclic) bond motifs is 2. The van der Waals surface area contributed by atoms with Crippen LogP contribution in [0.25, 0.3) is 0 Å². The number of aromatic carboxylic acids is 1. The van der Waals surface area contributed by atoms with Crippen LogP contribution in [0.3, 0.4) is 0 Å². The highest BCUT2D eigenvalue weighted by Crippen LogP contribution is 2.37. The lowest BCUT2D eigenvalue weighted by atomic mass is 10.2. The largest absolute Gasteiger partial charge is 0.507 e. The van der Waals surface area contributed by atoms with Crippen LogP contribution in [0.15, 0.2) is 51.9 Å². The van der Waals surface area contributed by atoms with Crippen molar-refractivity contribution in [2.75, 3.05) is 6.61 Å². The standard InChI is InChI=1S/C9H10O4.C6H3NO4S/c1-2-13-6-3-4-8(10)7(5-6)9(11)12;8-7(9)5-3-4-1-2-6(5)12(4,10)11/h3-5,10H,2H2,1H3,(H,11,12);1-3H. The number of allylic oxidation sites excluding steroid dienone is 3. The summed E-state index contributed by atoms with van der Waals surface area (Å²) in [6, 6.07) is 4.11. The molecule has 2 bridgehead atoms. The first kappa shape index (κ1) is 18.2. The van der Waals surface area contributed by atoms with Crippen LogP contribution in [0.4, 0.5) is 0 Å². The van der Waals surface area contributed by atoms with Crippen LogP contribution in [-0.4, -0.2) is 36.1 Å². The summed E-state index contributed by atoms with van der Waals surface area (Å²) in [5.74, 6) is -0.979. The van der Waals surface area contributed by atoms with E-state index in [0.717, 1.165) is 6.08 Å². The summed E-state index contributed by atoms with van der Waals surface area (Å²) >= 11 is 0. The van der Waals surface area contributed by atoms with E-state index in [4.69, 9.17) is 14.9 Å². The van der Waals surface area contributed by atoms with Crippen molar-refractivity contribution in [3.05, 3.63) is 67.6 Å². The van der Waals surface area contributed by atoms with Crippen LogP contribution < -0.4 is 4.74 Å². The Bertz CT molecular complexity index is 940. The summed E-state index contributed by atoms with van der Waals surface area (Å²) in [7, 11) is -3.50. The van der Waals surface area contributed by atoms with Gasteiger partial charge in [0, 0.05) is 6.08 Å². The van der Waals surface area contributed by atoms with Gasteiger partial charge in [-0.2, -0.15) is 0 Å². The summed E-state index contributed by atoms with van der Waals surface area (Å²) in [6.45, 7) is 2.26. The number of carbonyl (C=O) groups is 1. The molecule has 3 rings (SSSR count). The van der Waals surface area contributed by atoms with E-state index in [1.165, 1.54) is 30.4 Å². The highest BCUT2D eigenvalue weighted by Gasteiger charge is 2.39. The van der Waals surface area contributed by atoms with Crippen molar-refractivity contribution in [2.24, 2.45) is 0 Å². The number of rotatable bonds is 4. The molecule has 0 radical (unpaired) electrons. The Balaban J connectivity index is 0.000000181. The summed E-state index contributed by atoms with van der Waals surface area (Å²) in [5.41, 5.74) is -0.474. The number of benzene rings is 1. The molecule has 0 fully saturated rings. The lowest BCUT2D eigenvalue weighted by molar-refractivity contribution is -0.419. The first-order chi connectivity index (χ1) is 11.7. The third-order valence-corrected chi connectivity index (χ3v) is 5.04. The second-order valence-corrected chi connectivity index (χ2v) is 6.73. The van der Waals surface area contributed by atoms with E-state index >= 15 is 0 Å². The van der Waals surface area contributed by atoms with Crippen molar-refractivity contribution in [3.8, 4) is 11.5 Å². The number of carboxylic acid groups (broad SMARTS) is 1. The Morgan fingerprint density at radius 2 is 2.00 bits per heavy atom. The van der Waals surface area contributed by atoms with E-state index < -0.39 is 20.7 Å². The van der Waals surface area contributed by atoms with Gasteiger partial charge in [0.05, 0.1) is 16.4 Å². The zero-order valence-electron chi connectivity index (χ0n) is 12.9. The van der Waals surface area contributed by atoms with E-state index in [9.17, 15) is 23.3 Å². The molecule has 9 nitrogen and oxygen atoms in total. The van der Waals surface area contributed by atoms with Gasteiger partial charge in [0.2, 0.25) is 9.84 Å². The number of phenols is 1. The van der Waals surface area contributed by atoms with Crippen molar-refractivity contribution < 1.29 is 33.1 Å². The fourth-order valence-corrected chi connectivity index (χ4v) is 3.53. The second kappa shape index (κ2) is 6.77. The average molecular weight is 367 g/mol. The molecular formula is C15H13NO8S. The molecule has 2 N–H and O–H groups in total. The van der Waals surface area contributed by atoms with Crippen LogP contribution >= 0.6 is 0 Å². The maximum Gasteiger partial charge on any atom is 0.339 e. The molecule has 1 aromatic rings. The fraction of sp³-hybridized carbons (Fsp3) is 0.133. The van der Waals surface area contributed by atoms with Crippen molar-refractivity contribution >= 4 is 15.8 Å². The highest BCUT2D eigenvalue weighted by atomic mass is 32.2. The van der Waals surface area contributed by atoms with Crippen molar-refractivity contribution in [3.63, 3.8) is 0 Å². The van der Waals surface area contributed by atoms with E-state index in [1.807, 2.05) is 0 Å². The molecule has 0 spiro atoms. The number of nitro groups is 1. The topological polar surface area (TPSA) is 144 Å². The Morgan fingerprint density at radius 1 is 1.32 bits per heavy atom. The predicted octanol–water partition coefficient (Wildman–Crippen LogP) is 1.85. The Hall–Kier alpha value is -3.14. The highest BCUT2D eigenvalue weighted by molar-refractivity contribution is 8.00. The monoisotopic (exact) mass is 367 g/mol. The minimum Gasteiger partial charge on any atom is -0.507 e. The van der Waals surface area contributed by atoms with Gasteiger partial charge in [-0.25, -0.2) is 13.2 Å². The van der Waals surface area contributed by atoms with Crippen molar-refractivity contribution in [1.29, 1.82) is 0 Å². The number of hydrogen-bond donors (Lipinski definition) is 2. The molecule has 0 aromatic heterocycles. The number of aromatic hydroxyl groups is 1. The first-order valence-corrected chi connectivity index (χ1v) is 8.39. The molecule has 1 aromatic carbocycles. The molecule has 0 unspecified atom stereocenters. The van der Waals surface area contributed by atoms with Crippen LogP contribution in [0.1, 0.15) is 17.3 Å². The smallest absolute Gasteiger partial charge is 0.339 e. The first-order valence-electron chi connectivity index (χ1n) is 6.91. The molecule has 10 heteroatoms. The van der Waals surface area contributed by atoms with E-state index in [-0.39, 0.29) is 26.8 Å². The van der Waals surface area contributed by atoms with Gasteiger partial charge in [0.1, 0.15) is 22.0 Å². The molecule has 0 saturated carbocycles. The van der Waals surface area contributed by atoms with Crippen LogP contribution in [0.5, 0.6) is 11.5 Å². The third kappa shape index (κ3) is 3.53. The van der Waals surface area contributed by atoms with Crippen molar-refractivity contribution in [1.82, 2.24) is 0 Å². The molecule has 2 aliphatic heterocycles. The third-order valence-electron chi connectivity index (χ3n) is 3.24. The van der Waals surface area contributed by atoms with Crippen molar-refractivity contribution in [2.45, 2.75) is 6.92 Å². The molecule has 25 heavy (non-hydrogen) atoms. The van der Waals surface area contributed by atoms with Gasteiger partial charge in [-0.3, -0.25) is 10.1 Å². The maximum absolute atomic E-state index is 11.2. The summed E-state index contributed by atoms with van der Waals surface area (Å²) in [5, 5.41) is 28.1. The van der Waals surface area contributed by atoms with E-state index in [2.05, 4.69) is 0 Å². The number of carboxylic acids is 1. The average Bonchev–Trinajstić information content (AvgIpc) is 2.97. The lowest BCUT2D eigenvalue weighted by Gasteiger charge is -2.04. The Morgan fingerprint density at radius 3 is 2.40 bits per heavy atom. The zero-order valence-corrected chi connectivity index (χ0v) is 13.7. The van der Waals surface area contributed by atoms with Crippen LogP contribution in [-0.2, 0) is 9.84 Å². The number of hydrogen-bond acceptors (Lipinski definition) is 7. The molecule has 0 saturated heterocycles. The minimum atomic E-state index is -3.50. The van der Waals surface area contributed by atoms with Crippen LogP contribution in [0.2, 0.25) is 0 Å². The van der Waals surface area contributed by atoms with Gasteiger partial charge in [-0.05, 0) is 37.3 Å². The molecule has 2 aliphatic rings. The SMILES string of the molecule is CCOc1ccc(O)c(C(=O)O)c1.O=[N+]([O-])C1=C2C=CC(=C1)S2(=O)=O. The van der Waals surface area contributed by atoms with Gasteiger partial charge in [-0.1, -0.05) is 0 Å². The molecule has 0 aliphatic carbocycles. The Labute approximate surface area is 142 Å². The number of sulfone groups is 1. The maximum atomic E-state index is 11.2. The lowest BCUT2D eigenvalue weighted by Crippen LogP contribution is -1.99. The normalized spacial score (nSPS) is 16.1. The molecule has 0 atom stereocenters. The molecule has 132 valence electrons. The summed E-state index contributed by atoms with van der Waals surface area (Å²) in [6.07, 6.45) is 3.69. The van der Waals surface area contributed by atoms with Gasteiger partial charge in [0.25, 0.3) is 5.70 Å². The van der Waals surface area contributed by atoms with Gasteiger partial charge >= 0.3 is 5.97 Å². The molecular weight excluding hydrogens is 354 g/mol. The quantitative estimate of drug-likeness (QED) is 0.606. The molecule has 0 amide bonds. The predicted molar refractivity (Wildman–Crippen MR) is 86.4 cm³/mol. The van der Waals surface area contributed by atoms with Gasteiger partial charge < -0.3 is 14.9 Å². The number of nitrogens with zero attached hydrogens (tertiary/aromatic N) is 1. The van der Waals surface area contributed by atoms with E-state index in [0.29, 0.717) is 12.4 Å². The number of ether oxygens (including phenoxy) is 1. The van der Waals surface area contributed by atoms with Gasteiger partial charge in [0.15, 0.2) is 0 Å². The Kier molecular flexibility index (Phi) is 4.93. The van der Waals surface area contributed by atoms with Gasteiger partial charge in [-0.15, -0.1) is 0 Å². The minimum absolute atomic E-state index is 0.0178. The zero-order chi connectivity index (χ0) is 18.8. The molecule has 2 heterocycles. The van der Waals surface area contributed by atoms with Crippen LogP contribution in [0, 0.1) is 10.1 Å². The van der Waals surface area contributed by atoms with E-state index in [1.54, 1.807) is 6.92 Å². The fourth-order valence-electron chi connectivity index (χ4n) is 2.10. The summed E-state index contributed by atoms with van der Waals surface area (Å²) in [4.78, 5) is 20.0. The second-order valence-electron chi connectivity index (χ2n) is 4.81.